The molecule has 0 saturated carbocycles. The molecule has 0 radical (unpaired) electrons. The summed E-state index contributed by atoms with van der Waals surface area (Å²) in [4.78, 5) is 6.19. The highest BCUT2D eigenvalue weighted by Gasteiger charge is 2.13. The number of aromatic hydroxyl groups is 1. The van der Waals surface area contributed by atoms with Crippen molar-refractivity contribution in [1.82, 2.24) is 15.0 Å². The van der Waals surface area contributed by atoms with Crippen LogP contribution in [0.5, 0.6) is 5.75 Å². The number of hydrogen-bond acceptors (Lipinski definition) is 5. The van der Waals surface area contributed by atoms with Crippen LogP contribution in [-0.4, -0.2) is 34.2 Å². The van der Waals surface area contributed by atoms with Gasteiger partial charge < -0.3 is 14.5 Å². The molecule has 1 aromatic heterocycles. The highest BCUT2D eigenvalue weighted by Crippen LogP contribution is 2.28. The van der Waals surface area contributed by atoms with Gasteiger partial charge in [-0.25, -0.2) is 0 Å². The molecule has 0 aliphatic heterocycles. The molecule has 0 unspecified atom stereocenters. The third-order valence-electron chi connectivity index (χ3n) is 2.31. The number of aryl methyl sites for hydroxylation is 1. The molecule has 0 atom stereocenters. The highest BCUT2D eigenvalue weighted by atomic mass is 16.5. The van der Waals surface area contributed by atoms with Crippen molar-refractivity contribution in [2.45, 2.75) is 13.5 Å². The number of benzene rings is 1. The Kier molecular flexibility index (Phi) is 3.10. The Labute approximate surface area is 99.7 Å². The maximum absolute atomic E-state index is 9.74. The van der Waals surface area contributed by atoms with Gasteiger partial charge in [-0.05, 0) is 33.2 Å². The normalized spacial score (nSPS) is 11.1. The molecule has 2 aromatic rings. The van der Waals surface area contributed by atoms with E-state index in [0.29, 0.717) is 23.8 Å². The van der Waals surface area contributed by atoms with Crippen LogP contribution in [0.1, 0.15) is 11.4 Å². The van der Waals surface area contributed by atoms with Crippen LogP contribution in [0, 0.1) is 6.92 Å². The Morgan fingerprint density at radius 1 is 1.35 bits per heavy atom. The fourth-order valence-electron chi connectivity index (χ4n) is 1.53. The van der Waals surface area contributed by atoms with E-state index in [4.69, 9.17) is 4.52 Å². The Balaban J connectivity index is 2.33. The van der Waals surface area contributed by atoms with E-state index in [9.17, 15) is 5.11 Å². The van der Waals surface area contributed by atoms with Gasteiger partial charge in [0.2, 0.25) is 0 Å². The summed E-state index contributed by atoms with van der Waals surface area (Å²) in [6.45, 7) is 2.55. The molecular weight excluding hydrogens is 218 g/mol. The first kappa shape index (κ1) is 11.6. The average Bonchev–Trinajstić information content (AvgIpc) is 2.69. The molecule has 0 spiro atoms. The lowest BCUT2D eigenvalue weighted by molar-refractivity contribution is 0.365. The van der Waals surface area contributed by atoms with Crippen LogP contribution in [0.25, 0.3) is 11.5 Å². The molecular formula is C12H15N3O2. The van der Waals surface area contributed by atoms with E-state index in [1.807, 2.05) is 38.1 Å². The van der Waals surface area contributed by atoms with Crippen LogP contribution in [0.4, 0.5) is 0 Å². The van der Waals surface area contributed by atoms with Gasteiger partial charge in [0.15, 0.2) is 5.82 Å². The third kappa shape index (κ3) is 2.62. The monoisotopic (exact) mass is 233 g/mol. The Hall–Kier alpha value is -1.88. The molecule has 1 heterocycles. The van der Waals surface area contributed by atoms with Gasteiger partial charge in [0, 0.05) is 0 Å². The molecule has 90 valence electrons. The van der Waals surface area contributed by atoms with Crippen molar-refractivity contribution in [3.8, 4) is 17.2 Å². The van der Waals surface area contributed by atoms with Gasteiger partial charge in [-0.2, -0.15) is 4.98 Å². The standard InChI is InChI=1S/C12H15N3O2/c1-8-4-5-10(16)9(6-8)12-13-11(14-17-12)7-15(2)3/h4-6,16H,7H2,1-3H3. The summed E-state index contributed by atoms with van der Waals surface area (Å²) >= 11 is 0. The van der Waals surface area contributed by atoms with E-state index < -0.39 is 0 Å². The molecule has 2 rings (SSSR count). The molecule has 0 bridgehead atoms. The maximum Gasteiger partial charge on any atom is 0.261 e. The second-order valence-corrected chi connectivity index (χ2v) is 4.27. The van der Waals surface area contributed by atoms with Crippen molar-refractivity contribution in [1.29, 1.82) is 0 Å². The zero-order valence-electron chi connectivity index (χ0n) is 10.1. The lowest BCUT2D eigenvalue weighted by atomic mass is 10.1. The zero-order chi connectivity index (χ0) is 12.4. The van der Waals surface area contributed by atoms with E-state index in [-0.39, 0.29) is 5.75 Å². The summed E-state index contributed by atoms with van der Waals surface area (Å²) in [7, 11) is 3.86. The van der Waals surface area contributed by atoms with E-state index >= 15 is 0 Å². The number of rotatable bonds is 3. The topological polar surface area (TPSA) is 62.4 Å². The summed E-state index contributed by atoms with van der Waals surface area (Å²) in [6, 6.07) is 5.28. The number of hydrogen-bond donors (Lipinski definition) is 1. The SMILES string of the molecule is Cc1ccc(O)c(-c2nc(CN(C)C)no2)c1. The first-order valence-electron chi connectivity index (χ1n) is 5.33. The fraction of sp³-hybridized carbons (Fsp3) is 0.333. The third-order valence-corrected chi connectivity index (χ3v) is 2.31. The molecule has 17 heavy (non-hydrogen) atoms. The lowest BCUT2D eigenvalue weighted by Crippen LogP contribution is -2.11. The first-order valence-corrected chi connectivity index (χ1v) is 5.33. The van der Waals surface area contributed by atoms with Crippen LogP contribution in [-0.2, 0) is 6.54 Å². The van der Waals surface area contributed by atoms with Crippen LogP contribution in [0.2, 0.25) is 0 Å². The van der Waals surface area contributed by atoms with E-state index in [2.05, 4.69) is 10.1 Å². The lowest BCUT2D eigenvalue weighted by Gasteiger charge is -2.03. The second kappa shape index (κ2) is 4.55. The van der Waals surface area contributed by atoms with Gasteiger partial charge >= 0.3 is 0 Å². The Bertz CT molecular complexity index is 520. The van der Waals surface area contributed by atoms with Crippen molar-refractivity contribution >= 4 is 0 Å². The first-order chi connectivity index (χ1) is 8.06. The summed E-state index contributed by atoms with van der Waals surface area (Å²) in [5.74, 6) is 1.10. The molecule has 0 saturated heterocycles. The minimum atomic E-state index is 0.149. The van der Waals surface area contributed by atoms with Crippen molar-refractivity contribution in [2.75, 3.05) is 14.1 Å². The Morgan fingerprint density at radius 3 is 2.82 bits per heavy atom. The van der Waals surface area contributed by atoms with Crippen molar-refractivity contribution in [3.05, 3.63) is 29.6 Å². The average molecular weight is 233 g/mol. The molecule has 0 aliphatic rings. The molecule has 5 heteroatoms. The maximum atomic E-state index is 9.74. The van der Waals surface area contributed by atoms with E-state index in [1.165, 1.54) is 0 Å². The van der Waals surface area contributed by atoms with Gasteiger partial charge in [0.25, 0.3) is 5.89 Å². The number of nitrogens with zero attached hydrogens (tertiary/aromatic N) is 3. The number of aromatic nitrogens is 2. The smallest absolute Gasteiger partial charge is 0.261 e. The summed E-state index contributed by atoms with van der Waals surface area (Å²) in [5.41, 5.74) is 1.60. The minimum absolute atomic E-state index is 0.149. The molecule has 1 N–H and O–H groups in total. The molecule has 1 aromatic carbocycles. The van der Waals surface area contributed by atoms with Crippen molar-refractivity contribution in [3.63, 3.8) is 0 Å². The predicted octanol–water partition coefficient (Wildman–Crippen LogP) is 1.81. The largest absolute Gasteiger partial charge is 0.507 e. The fourth-order valence-corrected chi connectivity index (χ4v) is 1.53. The van der Waals surface area contributed by atoms with Gasteiger partial charge in [0.05, 0.1) is 12.1 Å². The quantitative estimate of drug-likeness (QED) is 0.876. The van der Waals surface area contributed by atoms with Crippen molar-refractivity contribution in [2.24, 2.45) is 0 Å². The molecule has 0 fully saturated rings. The Morgan fingerprint density at radius 2 is 2.12 bits per heavy atom. The van der Waals surface area contributed by atoms with E-state index in [0.717, 1.165) is 5.56 Å². The zero-order valence-corrected chi connectivity index (χ0v) is 10.1. The molecule has 0 aliphatic carbocycles. The molecule has 0 amide bonds. The predicted molar refractivity (Wildman–Crippen MR) is 63.5 cm³/mol. The van der Waals surface area contributed by atoms with Crippen LogP contribution < -0.4 is 0 Å². The van der Waals surface area contributed by atoms with Crippen molar-refractivity contribution < 1.29 is 9.63 Å². The van der Waals surface area contributed by atoms with Crippen LogP contribution in [0.15, 0.2) is 22.7 Å². The van der Waals surface area contributed by atoms with Gasteiger partial charge in [-0.15, -0.1) is 0 Å². The van der Waals surface area contributed by atoms with Gasteiger partial charge in [-0.3, -0.25) is 0 Å². The minimum Gasteiger partial charge on any atom is -0.507 e. The summed E-state index contributed by atoms with van der Waals surface area (Å²) < 4.78 is 5.14. The second-order valence-electron chi connectivity index (χ2n) is 4.27. The highest BCUT2D eigenvalue weighted by molar-refractivity contribution is 5.62. The summed E-state index contributed by atoms with van der Waals surface area (Å²) in [6.07, 6.45) is 0. The van der Waals surface area contributed by atoms with Gasteiger partial charge in [-0.1, -0.05) is 16.8 Å². The van der Waals surface area contributed by atoms with E-state index in [1.54, 1.807) is 6.07 Å². The summed E-state index contributed by atoms with van der Waals surface area (Å²) in [5, 5.41) is 13.6. The number of phenols is 1. The molecule has 5 nitrogen and oxygen atoms in total. The van der Waals surface area contributed by atoms with Crippen LogP contribution >= 0.6 is 0 Å². The number of phenolic OH excluding ortho intramolecular Hbond substituents is 1. The van der Waals surface area contributed by atoms with Crippen LogP contribution in [0.3, 0.4) is 0 Å². The van der Waals surface area contributed by atoms with Gasteiger partial charge in [0.1, 0.15) is 5.75 Å².